The van der Waals surface area contributed by atoms with Crippen LogP contribution in [0.1, 0.15) is 96.3 Å². The van der Waals surface area contributed by atoms with E-state index in [-0.39, 0.29) is 24.8 Å². The first-order valence-electron chi connectivity index (χ1n) is 11.3. The third-order valence-electron chi connectivity index (χ3n) is 7.39. The van der Waals surface area contributed by atoms with Crippen LogP contribution in [0.4, 0.5) is 4.79 Å². The number of aliphatic hydroxyl groups is 1. The highest BCUT2D eigenvalue weighted by Gasteiger charge is 2.53. The third kappa shape index (κ3) is 4.74. The molecule has 3 rings (SSSR count). The van der Waals surface area contributed by atoms with Gasteiger partial charge in [-0.3, -0.25) is 0 Å². The molecule has 0 radical (unpaired) electrons. The van der Waals surface area contributed by atoms with E-state index in [1.165, 1.54) is 89.9 Å². The molecule has 0 heterocycles. The van der Waals surface area contributed by atoms with Crippen molar-refractivity contribution in [2.75, 3.05) is 13.2 Å². The van der Waals surface area contributed by atoms with Gasteiger partial charge >= 0.3 is 6.09 Å². The van der Waals surface area contributed by atoms with E-state index in [1.807, 2.05) is 0 Å². The molecule has 2 N–H and O–H groups in total. The number of carbonyl (C=O) groups is 1. The first-order valence-corrected chi connectivity index (χ1v) is 11.3. The first-order chi connectivity index (χ1) is 12.8. The smallest absolute Gasteiger partial charge is 0.407 e. The summed E-state index contributed by atoms with van der Waals surface area (Å²) in [4.78, 5) is 12.5. The van der Waals surface area contributed by atoms with Crippen molar-refractivity contribution >= 4 is 6.09 Å². The monoisotopic (exact) mass is 365 g/mol. The van der Waals surface area contributed by atoms with E-state index in [0.29, 0.717) is 11.8 Å². The van der Waals surface area contributed by atoms with Crippen LogP contribution in [0.5, 0.6) is 0 Å². The molecule has 3 aliphatic rings. The van der Waals surface area contributed by atoms with Crippen LogP contribution in [0.15, 0.2) is 0 Å². The molecule has 3 saturated carbocycles. The predicted octanol–water partition coefficient (Wildman–Crippen LogP) is 5.18. The Balaban J connectivity index is 1.85. The molecule has 4 heteroatoms. The molecule has 4 atom stereocenters. The van der Waals surface area contributed by atoms with Gasteiger partial charge in [-0.15, -0.1) is 0 Å². The second kappa shape index (κ2) is 9.96. The molecule has 4 nitrogen and oxygen atoms in total. The van der Waals surface area contributed by atoms with E-state index >= 15 is 0 Å². The summed E-state index contributed by atoms with van der Waals surface area (Å²) in [5.41, 5.74) is -0.252. The Morgan fingerprint density at radius 1 is 0.885 bits per heavy atom. The zero-order valence-corrected chi connectivity index (χ0v) is 16.5. The quantitative estimate of drug-likeness (QED) is 0.724. The molecule has 0 aliphatic heterocycles. The van der Waals surface area contributed by atoms with Crippen molar-refractivity contribution in [1.29, 1.82) is 0 Å². The molecule has 0 spiro atoms. The van der Waals surface area contributed by atoms with Crippen LogP contribution in [0, 0.1) is 17.8 Å². The number of ether oxygens (including phenoxy) is 1. The van der Waals surface area contributed by atoms with Gasteiger partial charge in [0.25, 0.3) is 0 Å². The number of nitrogens with one attached hydrogen (secondary N) is 1. The standard InChI is InChI=1S/C22H39NO3/c24-17-16-23-21(25)26-22-15-8-7-14-20(22)18-10-5-3-1-2-4-6-12-19(22)13-9-11-18/h18-20,24H,1-17H2,(H,23,25). The van der Waals surface area contributed by atoms with Gasteiger partial charge in [0.15, 0.2) is 0 Å². The highest BCUT2D eigenvalue weighted by Crippen LogP contribution is 2.53. The van der Waals surface area contributed by atoms with Crippen molar-refractivity contribution in [2.45, 2.75) is 102 Å². The topological polar surface area (TPSA) is 58.6 Å². The van der Waals surface area contributed by atoms with Crippen molar-refractivity contribution in [3.8, 4) is 0 Å². The lowest BCUT2D eigenvalue weighted by atomic mass is 9.62. The van der Waals surface area contributed by atoms with Crippen LogP contribution in [0.2, 0.25) is 0 Å². The van der Waals surface area contributed by atoms with E-state index in [0.717, 1.165) is 12.3 Å². The first kappa shape index (κ1) is 20.0. The number of aliphatic hydroxyl groups excluding tert-OH is 1. The molecule has 0 aromatic rings. The van der Waals surface area contributed by atoms with Crippen molar-refractivity contribution in [3.05, 3.63) is 0 Å². The minimum Gasteiger partial charge on any atom is -0.442 e. The highest BCUT2D eigenvalue weighted by molar-refractivity contribution is 5.67. The van der Waals surface area contributed by atoms with E-state index in [2.05, 4.69) is 5.32 Å². The minimum absolute atomic E-state index is 0.0302. The predicted molar refractivity (Wildman–Crippen MR) is 104 cm³/mol. The molecule has 2 bridgehead atoms. The summed E-state index contributed by atoms with van der Waals surface area (Å²) in [6, 6.07) is 0. The largest absolute Gasteiger partial charge is 0.442 e. The van der Waals surface area contributed by atoms with Gasteiger partial charge in [0.1, 0.15) is 5.60 Å². The maximum atomic E-state index is 12.5. The average molecular weight is 366 g/mol. The van der Waals surface area contributed by atoms with Crippen LogP contribution < -0.4 is 5.32 Å². The van der Waals surface area contributed by atoms with Crippen molar-refractivity contribution < 1.29 is 14.6 Å². The summed E-state index contributed by atoms with van der Waals surface area (Å²) in [5.74, 6) is 1.80. The zero-order chi connectivity index (χ0) is 18.2. The molecular weight excluding hydrogens is 326 g/mol. The van der Waals surface area contributed by atoms with Crippen LogP contribution in [0.3, 0.4) is 0 Å². The molecule has 0 aromatic carbocycles. The lowest BCUT2D eigenvalue weighted by Crippen LogP contribution is -2.53. The normalized spacial score (nSPS) is 36.1. The summed E-state index contributed by atoms with van der Waals surface area (Å²) in [6.45, 7) is 0.255. The Labute approximate surface area is 159 Å². The molecule has 150 valence electrons. The van der Waals surface area contributed by atoms with Gasteiger partial charge in [-0.1, -0.05) is 64.2 Å². The average Bonchev–Trinajstić information content (AvgIpc) is 2.77. The lowest BCUT2D eigenvalue weighted by Gasteiger charge is -2.49. The van der Waals surface area contributed by atoms with Gasteiger partial charge < -0.3 is 15.2 Å². The summed E-state index contributed by atoms with van der Waals surface area (Å²) in [6.07, 6.45) is 18.9. The number of rotatable bonds is 3. The van der Waals surface area contributed by atoms with Gasteiger partial charge in [0.2, 0.25) is 0 Å². The van der Waals surface area contributed by atoms with Crippen molar-refractivity contribution in [1.82, 2.24) is 5.32 Å². The van der Waals surface area contributed by atoms with Gasteiger partial charge in [0.05, 0.1) is 6.61 Å². The Morgan fingerprint density at radius 2 is 1.54 bits per heavy atom. The number of alkyl carbamates (subject to hydrolysis) is 1. The number of hydrogen-bond acceptors (Lipinski definition) is 3. The second-order valence-electron chi connectivity index (χ2n) is 8.93. The minimum atomic E-state index is -0.302. The van der Waals surface area contributed by atoms with Crippen LogP contribution in [-0.2, 0) is 4.74 Å². The highest BCUT2D eigenvalue weighted by atomic mass is 16.6. The van der Waals surface area contributed by atoms with Crippen molar-refractivity contribution in [3.63, 3.8) is 0 Å². The number of amides is 1. The second-order valence-corrected chi connectivity index (χ2v) is 8.93. The molecule has 0 aromatic heterocycles. The molecule has 26 heavy (non-hydrogen) atoms. The van der Waals surface area contributed by atoms with Crippen LogP contribution in [-0.4, -0.2) is 30.0 Å². The number of carbonyl (C=O) groups excluding carboxylic acids is 1. The van der Waals surface area contributed by atoms with E-state index in [1.54, 1.807) is 0 Å². The van der Waals surface area contributed by atoms with Gasteiger partial charge in [-0.05, 0) is 43.9 Å². The van der Waals surface area contributed by atoms with Gasteiger partial charge in [0, 0.05) is 12.5 Å². The van der Waals surface area contributed by atoms with E-state index < -0.39 is 0 Å². The van der Waals surface area contributed by atoms with E-state index in [9.17, 15) is 4.79 Å². The fourth-order valence-electron chi connectivity index (χ4n) is 6.22. The summed E-state index contributed by atoms with van der Waals surface area (Å²) >= 11 is 0. The molecule has 0 saturated heterocycles. The van der Waals surface area contributed by atoms with E-state index in [4.69, 9.17) is 9.84 Å². The van der Waals surface area contributed by atoms with Gasteiger partial charge in [-0.25, -0.2) is 4.79 Å². The van der Waals surface area contributed by atoms with Crippen LogP contribution >= 0.6 is 0 Å². The Hall–Kier alpha value is -0.770. The summed E-state index contributed by atoms with van der Waals surface area (Å²) in [7, 11) is 0. The Morgan fingerprint density at radius 3 is 2.35 bits per heavy atom. The maximum Gasteiger partial charge on any atom is 0.407 e. The fraction of sp³-hybridized carbons (Fsp3) is 0.955. The Bertz CT molecular complexity index is 441. The van der Waals surface area contributed by atoms with Crippen molar-refractivity contribution in [2.24, 2.45) is 17.8 Å². The summed E-state index contributed by atoms with van der Waals surface area (Å²) in [5, 5.41) is 11.8. The third-order valence-corrected chi connectivity index (χ3v) is 7.39. The molecule has 3 fully saturated rings. The molecule has 1 amide bonds. The summed E-state index contributed by atoms with van der Waals surface area (Å²) < 4.78 is 6.34. The molecule has 4 unspecified atom stereocenters. The van der Waals surface area contributed by atoms with Gasteiger partial charge in [-0.2, -0.15) is 0 Å². The molecular formula is C22H39NO3. The molecule has 3 aliphatic carbocycles. The SMILES string of the molecule is O=C(NCCO)OC12CCCCC1C1CCCCCCCCC2CCC1. The zero-order valence-electron chi connectivity index (χ0n) is 16.5. The number of hydrogen-bond donors (Lipinski definition) is 2. The Kier molecular flexibility index (Phi) is 7.65. The lowest BCUT2D eigenvalue weighted by molar-refractivity contribution is -0.116. The maximum absolute atomic E-state index is 12.5. The fourth-order valence-corrected chi connectivity index (χ4v) is 6.22. The van der Waals surface area contributed by atoms with Crippen LogP contribution in [0.25, 0.3) is 0 Å².